The molecule has 0 aliphatic carbocycles. The molecule has 1 fully saturated rings. The Kier molecular flexibility index (Phi) is 4.60. The predicted octanol–water partition coefficient (Wildman–Crippen LogP) is 3.11. The van der Waals surface area contributed by atoms with Gasteiger partial charge in [-0.25, -0.2) is 4.79 Å². The molecule has 0 aromatic heterocycles. The topological polar surface area (TPSA) is 49.8 Å². The molecule has 0 unspecified atom stereocenters. The lowest BCUT2D eigenvalue weighted by Gasteiger charge is -2.29. The Balaban J connectivity index is 1.77. The number of carbonyl (C=O) groups is 1. The fraction of sp³-hybridized carbons (Fsp3) is 0.462. The average Bonchev–Trinajstić information content (AvgIpc) is 2.37. The van der Waals surface area contributed by atoms with Crippen LogP contribution in [0.5, 0.6) is 0 Å². The molecule has 4 nitrogen and oxygen atoms in total. The fourth-order valence-electron chi connectivity index (χ4n) is 2.05. The summed E-state index contributed by atoms with van der Waals surface area (Å²) in [5, 5.41) is 8.84. The smallest absolute Gasteiger partial charge is 0.407 e. The zero-order chi connectivity index (χ0) is 13.0. The monoisotopic (exact) mass is 313 g/mol. The molecule has 1 heterocycles. The molecule has 1 N–H and O–H groups in total. The van der Waals surface area contributed by atoms with Crippen LogP contribution in [0.3, 0.4) is 0 Å². The highest BCUT2D eigenvalue weighted by atomic mass is 79.9. The Morgan fingerprint density at radius 1 is 1.44 bits per heavy atom. The average molecular weight is 314 g/mol. The zero-order valence-electron chi connectivity index (χ0n) is 10.0. The molecule has 0 saturated carbocycles. The normalized spacial score (nSPS) is 16.8. The number of nitrogens with zero attached hydrogens (tertiary/aromatic N) is 1. The van der Waals surface area contributed by atoms with Crippen molar-refractivity contribution < 1.29 is 14.6 Å². The van der Waals surface area contributed by atoms with Gasteiger partial charge < -0.3 is 14.7 Å². The van der Waals surface area contributed by atoms with Gasteiger partial charge in [-0.15, -0.1) is 0 Å². The van der Waals surface area contributed by atoms with E-state index < -0.39 is 6.09 Å². The van der Waals surface area contributed by atoms with E-state index in [0.29, 0.717) is 19.7 Å². The molecule has 1 aromatic rings. The summed E-state index contributed by atoms with van der Waals surface area (Å²) in [4.78, 5) is 12.2. The van der Waals surface area contributed by atoms with E-state index >= 15 is 0 Å². The summed E-state index contributed by atoms with van der Waals surface area (Å²) in [6.45, 7) is 1.72. The number of rotatable bonds is 3. The first-order valence-electron chi connectivity index (χ1n) is 5.99. The lowest BCUT2D eigenvalue weighted by molar-refractivity contribution is 0.000354. The molecule has 0 atom stereocenters. The molecule has 98 valence electrons. The minimum absolute atomic E-state index is 0.166. The highest BCUT2D eigenvalue weighted by Gasteiger charge is 2.22. The Morgan fingerprint density at radius 2 is 2.17 bits per heavy atom. The third-order valence-corrected chi connectivity index (χ3v) is 3.58. The van der Waals surface area contributed by atoms with Crippen molar-refractivity contribution in [2.75, 3.05) is 13.1 Å². The molecule has 2 rings (SSSR count). The van der Waals surface area contributed by atoms with Crippen molar-refractivity contribution in [3.8, 4) is 0 Å². The molecule has 5 heteroatoms. The molecule has 1 aliphatic heterocycles. The second-order valence-electron chi connectivity index (χ2n) is 4.41. The van der Waals surface area contributed by atoms with Crippen LogP contribution in [-0.2, 0) is 11.3 Å². The van der Waals surface area contributed by atoms with Crippen LogP contribution in [0.15, 0.2) is 28.7 Å². The van der Waals surface area contributed by atoms with Gasteiger partial charge in [0.25, 0.3) is 0 Å². The van der Waals surface area contributed by atoms with Gasteiger partial charge >= 0.3 is 6.09 Å². The van der Waals surface area contributed by atoms with Crippen LogP contribution in [0, 0.1) is 0 Å². The van der Waals surface area contributed by atoms with Crippen molar-refractivity contribution >= 4 is 22.0 Å². The van der Waals surface area contributed by atoms with Gasteiger partial charge in [0.2, 0.25) is 0 Å². The fourth-order valence-corrected chi connectivity index (χ4v) is 2.50. The molecule has 0 spiro atoms. The lowest BCUT2D eigenvalue weighted by Crippen LogP contribution is -2.40. The van der Waals surface area contributed by atoms with E-state index in [1.807, 2.05) is 24.3 Å². The maximum absolute atomic E-state index is 10.8. The maximum Gasteiger partial charge on any atom is 0.407 e. The number of hydrogen-bond acceptors (Lipinski definition) is 2. The number of ether oxygens (including phenoxy) is 1. The predicted molar refractivity (Wildman–Crippen MR) is 71.6 cm³/mol. The van der Waals surface area contributed by atoms with Crippen molar-refractivity contribution in [3.05, 3.63) is 34.3 Å². The van der Waals surface area contributed by atoms with Gasteiger partial charge in [-0.05, 0) is 30.5 Å². The van der Waals surface area contributed by atoms with Gasteiger partial charge in [0.05, 0.1) is 12.7 Å². The van der Waals surface area contributed by atoms with Crippen LogP contribution in [0.4, 0.5) is 4.79 Å². The first-order chi connectivity index (χ1) is 8.65. The summed E-state index contributed by atoms with van der Waals surface area (Å²) in [6.07, 6.45) is 0.890. The maximum atomic E-state index is 10.8. The second-order valence-corrected chi connectivity index (χ2v) is 5.33. The lowest BCUT2D eigenvalue weighted by atomic mass is 10.1. The summed E-state index contributed by atoms with van der Waals surface area (Å²) < 4.78 is 6.86. The summed E-state index contributed by atoms with van der Waals surface area (Å²) in [5.74, 6) is 0. The number of carboxylic acid groups (broad SMARTS) is 1. The van der Waals surface area contributed by atoms with E-state index in [1.165, 1.54) is 4.90 Å². The molecule has 1 amide bonds. The molecule has 0 radical (unpaired) electrons. The van der Waals surface area contributed by atoms with Crippen LogP contribution in [0.25, 0.3) is 0 Å². The highest BCUT2D eigenvalue weighted by Crippen LogP contribution is 2.17. The molecule has 1 aromatic carbocycles. The Bertz CT molecular complexity index is 416. The van der Waals surface area contributed by atoms with Gasteiger partial charge in [-0.3, -0.25) is 0 Å². The Morgan fingerprint density at radius 3 is 2.78 bits per heavy atom. The SMILES string of the molecule is O=C(O)N1CCC(OCc2cccc(Br)c2)CC1. The van der Waals surface area contributed by atoms with Gasteiger partial charge in [-0.2, -0.15) is 0 Å². The van der Waals surface area contributed by atoms with E-state index in [9.17, 15) is 4.79 Å². The summed E-state index contributed by atoms with van der Waals surface area (Å²) in [6, 6.07) is 8.02. The van der Waals surface area contributed by atoms with E-state index in [2.05, 4.69) is 15.9 Å². The molecule has 1 aliphatic rings. The number of amides is 1. The summed E-state index contributed by atoms with van der Waals surface area (Å²) in [5.41, 5.74) is 1.13. The van der Waals surface area contributed by atoms with Crippen LogP contribution < -0.4 is 0 Å². The first-order valence-corrected chi connectivity index (χ1v) is 6.78. The highest BCUT2D eigenvalue weighted by molar-refractivity contribution is 9.10. The van der Waals surface area contributed by atoms with Crippen LogP contribution >= 0.6 is 15.9 Å². The number of halogens is 1. The van der Waals surface area contributed by atoms with Crippen LogP contribution in [-0.4, -0.2) is 35.3 Å². The van der Waals surface area contributed by atoms with Crippen LogP contribution in [0.2, 0.25) is 0 Å². The van der Waals surface area contributed by atoms with Gasteiger partial charge in [0, 0.05) is 17.6 Å². The van der Waals surface area contributed by atoms with Crippen LogP contribution in [0.1, 0.15) is 18.4 Å². The minimum atomic E-state index is -0.833. The van der Waals surface area contributed by atoms with E-state index in [1.54, 1.807) is 0 Å². The Hall–Kier alpha value is -1.07. The van der Waals surface area contributed by atoms with Crippen molar-refractivity contribution in [1.29, 1.82) is 0 Å². The van der Waals surface area contributed by atoms with Gasteiger partial charge in [0.15, 0.2) is 0 Å². The van der Waals surface area contributed by atoms with Gasteiger partial charge in [0.1, 0.15) is 0 Å². The minimum Gasteiger partial charge on any atom is -0.465 e. The standard InChI is InChI=1S/C13H16BrNO3/c14-11-3-1-2-10(8-11)9-18-12-4-6-15(7-5-12)13(16)17/h1-3,8,12H,4-7,9H2,(H,16,17). The third-order valence-electron chi connectivity index (χ3n) is 3.09. The number of piperidine rings is 1. The molecule has 1 saturated heterocycles. The largest absolute Gasteiger partial charge is 0.465 e. The van der Waals surface area contributed by atoms with E-state index in [4.69, 9.17) is 9.84 Å². The number of benzene rings is 1. The molecular formula is C13H16BrNO3. The zero-order valence-corrected chi connectivity index (χ0v) is 11.6. The van der Waals surface area contributed by atoms with E-state index in [-0.39, 0.29) is 6.10 Å². The quantitative estimate of drug-likeness (QED) is 0.932. The second kappa shape index (κ2) is 6.20. The van der Waals surface area contributed by atoms with Crippen molar-refractivity contribution in [2.45, 2.75) is 25.6 Å². The molecule has 0 bridgehead atoms. The number of hydrogen-bond donors (Lipinski definition) is 1. The van der Waals surface area contributed by atoms with E-state index in [0.717, 1.165) is 22.9 Å². The van der Waals surface area contributed by atoms with Crippen molar-refractivity contribution in [3.63, 3.8) is 0 Å². The molecule has 18 heavy (non-hydrogen) atoms. The van der Waals surface area contributed by atoms with Gasteiger partial charge in [-0.1, -0.05) is 28.1 Å². The third kappa shape index (κ3) is 3.71. The summed E-state index contributed by atoms with van der Waals surface area (Å²) in [7, 11) is 0. The number of likely N-dealkylation sites (tertiary alicyclic amines) is 1. The Labute approximate surface area is 115 Å². The molecular weight excluding hydrogens is 298 g/mol. The van der Waals surface area contributed by atoms with Crippen molar-refractivity contribution in [1.82, 2.24) is 4.90 Å². The summed E-state index contributed by atoms with van der Waals surface area (Å²) >= 11 is 3.42. The first kappa shape index (κ1) is 13.4. The van der Waals surface area contributed by atoms with Crippen molar-refractivity contribution in [2.24, 2.45) is 0 Å².